The van der Waals surface area contributed by atoms with Crippen molar-refractivity contribution in [1.82, 2.24) is 0 Å². The molecule has 0 saturated heterocycles. The molecule has 0 rings (SSSR count). The maximum Gasteiger partial charge on any atom is 0.700 e. The number of rotatable bonds is 4. The summed E-state index contributed by atoms with van der Waals surface area (Å²) in [6.45, 7) is 0. The summed E-state index contributed by atoms with van der Waals surface area (Å²) in [4.78, 5) is 16.1. The van der Waals surface area contributed by atoms with E-state index in [0.717, 1.165) is 0 Å². The van der Waals surface area contributed by atoms with Crippen LogP contribution < -0.4 is 0 Å². The zero-order chi connectivity index (χ0) is 9.07. The van der Waals surface area contributed by atoms with Gasteiger partial charge in [-0.1, -0.05) is 0 Å². The molecule has 0 amide bonds. The molecule has 2 atom stereocenters. The summed E-state index contributed by atoms with van der Waals surface area (Å²) in [5, 5.41) is 0. The van der Waals surface area contributed by atoms with E-state index in [4.69, 9.17) is 33.0 Å². The minimum absolute atomic E-state index is 2.58. The van der Waals surface area contributed by atoms with Crippen LogP contribution in [0.4, 0.5) is 0 Å². The van der Waals surface area contributed by atoms with E-state index in [9.17, 15) is 9.13 Å². The van der Waals surface area contributed by atoms with Crippen molar-refractivity contribution in [3.05, 3.63) is 0 Å². The van der Waals surface area contributed by atoms with E-state index in [1.165, 1.54) is 0 Å². The van der Waals surface area contributed by atoms with Crippen LogP contribution >= 0.6 is 39.7 Å². The Morgan fingerprint density at radius 2 is 1.36 bits per heavy atom. The molecule has 0 bridgehead atoms. The van der Waals surface area contributed by atoms with Crippen molar-refractivity contribution in [2.45, 2.75) is 4.71 Å². The molecule has 0 fully saturated rings. The molecule has 0 saturated carbocycles. The van der Waals surface area contributed by atoms with Gasteiger partial charge in [-0.25, -0.2) is 0 Å². The molecule has 2 unspecified atom stereocenters. The molecule has 11 heavy (non-hydrogen) atoms. The Kier molecular flexibility index (Phi) is 4.86. The number of hydrogen-bond acceptors (Lipinski definition) is 4. The highest BCUT2D eigenvalue weighted by Crippen LogP contribution is 2.40. The van der Waals surface area contributed by atoms with Crippen molar-refractivity contribution >= 4 is 39.7 Å². The standard InChI is InChI=1S/CCl2O6P2/c2-1(3,8-10(4)5)9-11(6)7/p+2. The molecule has 0 aromatic rings. The first-order valence-electron chi connectivity index (χ1n) is 1.92. The molecule has 0 aliphatic carbocycles. The molecule has 0 aliphatic heterocycles. The van der Waals surface area contributed by atoms with Gasteiger partial charge >= 0.3 is 21.2 Å². The third-order valence-electron chi connectivity index (χ3n) is 0.369. The minimum atomic E-state index is -3.10. The Hall–Kier alpha value is 0.620. The van der Waals surface area contributed by atoms with Gasteiger partial charge in [0.25, 0.3) is 0 Å². The van der Waals surface area contributed by atoms with Gasteiger partial charge < -0.3 is 0 Å². The van der Waals surface area contributed by atoms with Crippen LogP contribution in [0.25, 0.3) is 0 Å². The van der Waals surface area contributed by atoms with Crippen molar-refractivity contribution in [1.29, 1.82) is 0 Å². The second-order valence-corrected chi connectivity index (χ2v) is 3.63. The fraction of sp³-hybridized carbons (Fsp3) is 1.00. The number of hydrogen-bond donors (Lipinski definition) is 2. The van der Waals surface area contributed by atoms with E-state index in [2.05, 4.69) is 9.05 Å². The Morgan fingerprint density at radius 1 is 1.09 bits per heavy atom. The molecule has 2 N–H and O–H groups in total. The maximum atomic E-state index is 9.90. The third kappa shape index (κ3) is 7.00. The predicted octanol–water partition coefficient (Wildman–Crippen LogP) is 1.41. The van der Waals surface area contributed by atoms with Gasteiger partial charge in [0.1, 0.15) is 0 Å². The average molecular weight is 243 g/mol. The van der Waals surface area contributed by atoms with E-state index >= 15 is 0 Å². The maximum absolute atomic E-state index is 9.90. The monoisotopic (exact) mass is 242 g/mol. The zero-order valence-electron chi connectivity index (χ0n) is 4.68. The van der Waals surface area contributed by atoms with E-state index in [1.54, 1.807) is 0 Å². The highest BCUT2D eigenvalue weighted by molar-refractivity contribution is 7.33. The van der Waals surface area contributed by atoms with Crippen LogP contribution in [0.2, 0.25) is 0 Å². The summed E-state index contributed by atoms with van der Waals surface area (Å²) in [6.07, 6.45) is 0. The van der Waals surface area contributed by atoms with Gasteiger partial charge in [-0.05, 0) is 32.2 Å². The van der Waals surface area contributed by atoms with Gasteiger partial charge in [0.2, 0.25) is 0 Å². The van der Waals surface area contributed by atoms with Crippen molar-refractivity contribution in [2.24, 2.45) is 0 Å². The molecule has 0 heterocycles. The van der Waals surface area contributed by atoms with Crippen molar-refractivity contribution in [2.75, 3.05) is 0 Å². The Labute approximate surface area is 72.9 Å². The summed E-state index contributed by atoms with van der Waals surface area (Å²) in [7, 11) is -6.20. The quantitative estimate of drug-likeness (QED) is 0.440. The molecular formula is CH2Cl2O6P2+2. The van der Waals surface area contributed by atoms with Crippen molar-refractivity contribution in [3.63, 3.8) is 0 Å². The largest absolute Gasteiger partial charge is 0.700 e. The second-order valence-electron chi connectivity index (χ2n) is 1.12. The summed E-state index contributed by atoms with van der Waals surface area (Å²) in [5.74, 6) is 0. The smallest absolute Gasteiger partial charge is 0.133 e. The predicted molar refractivity (Wildman–Crippen MR) is 36.3 cm³/mol. The normalized spacial score (nSPS) is 14.5. The van der Waals surface area contributed by atoms with Gasteiger partial charge in [0, 0.05) is 9.13 Å². The summed E-state index contributed by atoms with van der Waals surface area (Å²) in [6, 6.07) is 0. The van der Waals surface area contributed by atoms with E-state index in [-0.39, 0.29) is 0 Å². The van der Waals surface area contributed by atoms with Crippen LogP contribution in [0, 0.1) is 0 Å². The van der Waals surface area contributed by atoms with E-state index < -0.39 is 21.2 Å². The number of alkyl halides is 2. The van der Waals surface area contributed by atoms with Gasteiger partial charge in [0.05, 0.1) is 0 Å². The lowest BCUT2D eigenvalue weighted by Crippen LogP contribution is -2.14. The van der Waals surface area contributed by atoms with Crippen LogP contribution in [0.3, 0.4) is 0 Å². The SMILES string of the molecule is O=[P+](O)OC(Cl)(Cl)O[P+](=O)O. The molecule has 0 radical (unpaired) electrons. The molecule has 0 aromatic carbocycles. The van der Waals surface area contributed by atoms with Crippen molar-refractivity contribution in [3.8, 4) is 0 Å². The third-order valence-corrected chi connectivity index (χ3v) is 1.93. The van der Waals surface area contributed by atoms with Gasteiger partial charge in [-0.15, -0.1) is 9.79 Å². The molecule has 64 valence electrons. The lowest BCUT2D eigenvalue weighted by Gasteiger charge is -1.99. The van der Waals surface area contributed by atoms with E-state index in [1.807, 2.05) is 0 Å². The first kappa shape index (κ1) is 11.6. The highest BCUT2D eigenvalue weighted by atomic mass is 35.5. The fourth-order valence-corrected chi connectivity index (χ4v) is 1.40. The van der Waals surface area contributed by atoms with Gasteiger partial charge in [-0.2, -0.15) is 0 Å². The lowest BCUT2D eigenvalue weighted by atomic mass is 11.5. The fourth-order valence-electron chi connectivity index (χ4n) is 0.198. The molecule has 0 spiro atoms. The Bertz CT molecular complexity index is 161. The first-order chi connectivity index (χ1) is 4.83. The van der Waals surface area contributed by atoms with Gasteiger partial charge in [0.15, 0.2) is 0 Å². The van der Waals surface area contributed by atoms with Crippen LogP contribution in [0.1, 0.15) is 0 Å². The summed E-state index contributed by atoms with van der Waals surface area (Å²) in [5.41, 5.74) is 0. The first-order valence-corrected chi connectivity index (χ1v) is 4.93. The number of halogens is 2. The second kappa shape index (κ2) is 4.60. The van der Waals surface area contributed by atoms with Crippen LogP contribution in [-0.4, -0.2) is 14.5 Å². The average Bonchev–Trinajstić information content (AvgIpc) is 1.53. The Morgan fingerprint density at radius 3 is 1.55 bits per heavy atom. The Balaban J connectivity index is 3.99. The zero-order valence-corrected chi connectivity index (χ0v) is 7.98. The molecular weight excluding hydrogens is 241 g/mol. The van der Waals surface area contributed by atoms with Crippen LogP contribution in [-0.2, 0) is 18.2 Å². The van der Waals surface area contributed by atoms with E-state index in [0.29, 0.717) is 0 Å². The van der Waals surface area contributed by atoms with Crippen LogP contribution in [0.15, 0.2) is 0 Å². The van der Waals surface area contributed by atoms with Crippen LogP contribution in [0.5, 0.6) is 0 Å². The molecule has 0 aromatic heterocycles. The lowest BCUT2D eigenvalue weighted by molar-refractivity contribution is 0.0328. The summed E-state index contributed by atoms with van der Waals surface area (Å²) < 4.78 is 24.8. The topological polar surface area (TPSA) is 93.1 Å². The molecule has 6 nitrogen and oxygen atoms in total. The molecule has 0 aliphatic rings. The highest BCUT2D eigenvalue weighted by Gasteiger charge is 2.46. The summed E-state index contributed by atoms with van der Waals surface area (Å²) >= 11 is 9.92. The minimum Gasteiger partial charge on any atom is -0.133 e. The van der Waals surface area contributed by atoms with Crippen molar-refractivity contribution < 1.29 is 28.0 Å². The molecule has 10 heteroatoms. The van der Waals surface area contributed by atoms with Gasteiger partial charge in [-0.3, -0.25) is 0 Å².